The third-order valence-corrected chi connectivity index (χ3v) is 2.47. The molecule has 0 N–H and O–H groups in total. The molecule has 84 valence electrons. The maximum absolute atomic E-state index is 2.33. The summed E-state index contributed by atoms with van der Waals surface area (Å²) in [5, 5.41) is 0. The van der Waals surface area contributed by atoms with Gasteiger partial charge < -0.3 is 4.90 Å². The maximum Gasteiger partial charge on any atom is 0.0194 e. The van der Waals surface area contributed by atoms with Crippen molar-refractivity contribution in [2.75, 3.05) is 13.6 Å². The van der Waals surface area contributed by atoms with Crippen LogP contribution in [0, 0.1) is 5.92 Å². The molecule has 0 aliphatic rings. The molecule has 14 heavy (non-hydrogen) atoms. The fraction of sp³-hybridized carbons (Fsp3) is 0.846. The van der Waals surface area contributed by atoms with Crippen molar-refractivity contribution in [3.63, 3.8) is 0 Å². The first kappa shape index (κ1) is 13.5. The predicted octanol–water partition coefficient (Wildman–Crippen LogP) is 4.06. The molecule has 0 rings (SSSR count). The van der Waals surface area contributed by atoms with E-state index in [4.69, 9.17) is 0 Å². The first-order valence-corrected chi connectivity index (χ1v) is 6.07. The van der Waals surface area contributed by atoms with Gasteiger partial charge in [-0.2, -0.15) is 0 Å². The Morgan fingerprint density at radius 1 is 1.21 bits per heavy atom. The van der Waals surface area contributed by atoms with Crippen molar-refractivity contribution >= 4 is 0 Å². The molecular formula is C13H27N. The maximum atomic E-state index is 2.33. The summed E-state index contributed by atoms with van der Waals surface area (Å²) in [5.41, 5.74) is 0. The summed E-state index contributed by atoms with van der Waals surface area (Å²) < 4.78 is 0. The summed E-state index contributed by atoms with van der Waals surface area (Å²) in [7, 11) is 2.18. The van der Waals surface area contributed by atoms with E-state index >= 15 is 0 Å². The molecule has 0 bridgehead atoms. The lowest BCUT2D eigenvalue weighted by atomic mass is 10.1. The Hall–Kier alpha value is -0.460. The van der Waals surface area contributed by atoms with Crippen LogP contribution in [0.1, 0.15) is 52.9 Å². The van der Waals surface area contributed by atoms with Crippen molar-refractivity contribution in [3.05, 3.63) is 12.3 Å². The molecule has 0 aliphatic heterocycles. The van der Waals surface area contributed by atoms with Crippen LogP contribution >= 0.6 is 0 Å². The monoisotopic (exact) mass is 197 g/mol. The largest absolute Gasteiger partial charge is 0.380 e. The number of unbranched alkanes of at least 4 members (excludes halogenated alkanes) is 2. The lowest BCUT2D eigenvalue weighted by Crippen LogP contribution is -2.18. The fourth-order valence-corrected chi connectivity index (χ4v) is 1.71. The van der Waals surface area contributed by atoms with Crippen molar-refractivity contribution in [1.82, 2.24) is 4.90 Å². The van der Waals surface area contributed by atoms with Gasteiger partial charge in [-0.05, 0) is 25.0 Å². The summed E-state index contributed by atoms with van der Waals surface area (Å²) >= 11 is 0. The van der Waals surface area contributed by atoms with Gasteiger partial charge in [-0.3, -0.25) is 0 Å². The highest BCUT2D eigenvalue weighted by Gasteiger charge is 2.01. The van der Waals surface area contributed by atoms with Crippen LogP contribution in [0.3, 0.4) is 0 Å². The molecule has 0 heterocycles. The Balaban J connectivity index is 3.52. The van der Waals surface area contributed by atoms with Crippen LogP contribution in [0.2, 0.25) is 0 Å². The summed E-state index contributed by atoms with van der Waals surface area (Å²) in [4.78, 5) is 2.32. The average molecular weight is 197 g/mol. The molecule has 0 aromatic carbocycles. The number of hydrogen-bond donors (Lipinski definition) is 0. The van der Waals surface area contributed by atoms with E-state index in [1.807, 2.05) is 0 Å². The van der Waals surface area contributed by atoms with Gasteiger partial charge in [0.05, 0.1) is 0 Å². The molecule has 0 spiro atoms. The molecular weight excluding hydrogens is 170 g/mol. The zero-order valence-electron chi connectivity index (χ0n) is 10.4. The molecule has 0 fully saturated rings. The smallest absolute Gasteiger partial charge is 0.0194 e. The molecule has 0 saturated heterocycles. The number of hydrogen-bond acceptors (Lipinski definition) is 1. The van der Waals surface area contributed by atoms with Crippen molar-refractivity contribution in [3.8, 4) is 0 Å². The Kier molecular flexibility index (Phi) is 8.81. The predicted molar refractivity (Wildman–Crippen MR) is 65.4 cm³/mol. The minimum Gasteiger partial charge on any atom is -0.380 e. The molecule has 0 amide bonds. The molecule has 1 atom stereocenters. The fourth-order valence-electron chi connectivity index (χ4n) is 1.71. The zero-order valence-corrected chi connectivity index (χ0v) is 10.4. The summed E-state index contributed by atoms with van der Waals surface area (Å²) in [6.45, 7) is 8.02. The number of allylic oxidation sites excluding steroid dienone is 1. The third kappa shape index (κ3) is 8.15. The topological polar surface area (TPSA) is 3.24 Å². The van der Waals surface area contributed by atoms with Gasteiger partial charge in [0.15, 0.2) is 0 Å². The van der Waals surface area contributed by atoms with Crippen molar-refractivity contribution in [2.45, 2.75) is 52.9 Å². The normalized spacial score (nSPS) is 13.4. The minimum absolute atomic E-state index is 0.820. The first-order valence-electron chi connectivity index (χ1n) is 6.07. The quantitative estimate of drug-likeness (QED) is 0.530. The van der Waals surface area contributed by atoms with Crippen molar-refractivity contribution in [1.29, 1.82) is 0 Å². The van der Waals surface area contributed by atoms with Gasteiger partial charge >= 0.3 is 0 Å². The van der Waals surface area contributed by atoms with Gasteiger partial charge in [-0.15, -0.1) is 0 Å². The van der Waals surface area contributed by atoms with E-state index in [-0.39, 0.29) is 0 Å². The van der Waals surface area contributed by atoms with Crippen molar-refractivity contribution < 1.29 is 0 Å². The number of rotatable bonds is 8. The second kappa shape index (κ2) is 9.11. The van der Waals surface area contributed by atoms with E-state index in [9.17, 15) is 0 Å². The average Bonchev–Trinajstić information content (AvgIpc) is 2.13. The Bertz CT molecular complexity index is 140. The van der Waals surface area contributed by atoms with Gasteiger partial charge in [-0.25, -0.2) is 0 Å². The SMILES string of the molecule is CCCCC=CN(C)CC(C)CCC. The van der Waals surface area contributed by atoms with E-state index < -0.39 is 0 Å². The molecule has 1 unspecified atom stereocenters. The summed E-state index contributed by atoms with van der Waals surface area (Å²) in [5.74, 6) is 0.820. The lowest BCUT2D eigenvalue weighted by Gasteiger charge is -2.19. The second-order valence-electron chi connectivity index (χ2n) is 4.36. The van der Waals surface area contributed by atoms with Gasteiger partial charge in [0.1, 0.15) is 0 Å². The first-order chi connectivity index (χ1) is 6.70. The Labute approximate surface area is 90.2 Å². The highest BCUT2D eigenvalue weighted by Crippen LogP contribution is 2.06. The summed E-state index contributed by atoms with van der Waals surface area (Å²) in [6, 6.07) is 0. The van der Waals surface area contributed by atoms with Crippen LogP contribution in [0.5, 0.6) is 0 Å². The summed E-state index contributed by atoms with van der Waals surface area (Å²) in [6.07, 6.45) is 11.0. The Morgan fingerprint density at radius 3 is 2.50 bits per heavy atom. The van der Waals surface area contributed by atoms with Crippen LogP contribution < -0.4 is 0 Å². The molecule has 0 aromatic rings. The standard InChI is InChI=1S/C13H27N/c1-5-7-8-9-11-14(4)12-13(3)10-6-2/h9,11,13H,5-8,10,12H2,1-4H3. The molecule has 0 radical (unpaired) electrons. The van der Waals surface area contributed by atoms with Crippen LogP contribution in [-0.2, 0) is 0 Å². The third-order valence-electron chi connectivity index (χ3n) is 2.47. The van der Waals surface area contributed by atoms with Gasteiger partial charge in [0, 0.05) is 13.6 Å². The van der Waals surface area contributed by atoms with E-state index in [1.165, 1.54) is 38.6 Å². The molecule has 0 saturated carbocycles. The molecule has 1 nitrogen and oxygen atoms in total. The van der Waals surface area contributed by atoms with E-state index in [0.717, 1.165) is 5.92 Å². The number of nitrogens with zero attached hydrogens (tertiary/aromatic N) is 1. The molecule has 1 heteroatoms. The molecule has 0 aromatic heterocycles. The Morgan fingerprint density at radius 2 is 1.93 bits per heavy atom. The zero-order chi connectivity index (χ0) is 10.8. The highest BCUT2D eigenvalue weighted by atomic mass is 15.1. The second-order valence-corrected chi connectivity index (χ2v) is 4.36. The minimum atomic E-state index is 0.820. The van der Waals surface area contributed by atoms with Crippen molar-refractivity contribution in [2.24, 2.45) is 5.92 Å². The van der Waals surface area contributed by atoms with E-state index in [0.29, 0.717) is 0 Å². The highest BCUT2D eigenvalue weighted by molar-refractivity contribution is 4.81. The van der Waals surface area contributed by atoms with Gasteiger partial charge in [0.25, 0.3) is 0 Å². The van der Waals surface area contributed by atoms with E-state index in [1.54, 1.807) is 0 Å². The van der Waals surface area contributed by atoms with Crippen LogP contribution in [0.4, 0.5) is 0 Å². The van der Waals surface area contributed by atoms with Crippen LogP contribution in [0.15, 0.2) is 12.3 Å². The van der Waals surface area contributed by atoms with E-state index in [2.05, 4.69) is 45.0 Å². The van der Waals surface area contributed by atoms with Crippen LogP contribution in [0.25, 0.3) is 0 Å². The molecule has 0 aliphatic carbocycles. The van der Waals surface area contributed by atoms with Crippen LogP contribution in [-0.4, -0.2) is 18.5 Å². The van der Waals surface area contributed by atoms with Gasteiger partial charge in [0.2, 0.25) is 0 Å². The lowest BCUT2D eigenvalue weighted by molar-refractivity contribution is 0.355. The van der Waals surface area contributed by atoms with Gasteiger partial charge in [-0.1, -0.05) is 46.1 Å².